The lowest BCUT2D eigenvalue weighted by Crippen LogP contribution is -2.58. The number of aryl methyl sites for hydroxylation is 1. The van der Waals surface area contributed by atoms with Crippen molar-refractivity contribution in [2.75, 3.05) is 37.6 Å². The third-order valence-electron chi connectivity index (χ3n) is 8.92. The number of hydrogen-bond donors (Lipinski definition) is 2. The fourth-order valence-electron chi connectivity index (χ4n) is 7.18. The number of fused-ring (bicyclic) bond motifs is 1. The van der Waals surface area contributed by atoms with Crippen LogP contribution in [-0.4, -0.2) is 53.8 Å². The number of carboxylic acids is 1. The number of allylic oxidation sites excluding steroid dienone is 1. The van der Waals surface area contributed by atoms with E-state index in [0.717, 1.165) is 58.3 Å². The van der Waals surface area contributed by atoms with Gasteiger partial charge in [-0.2, -0.15) is 0 Å². The SMILES string of the molecule is O=C(O)CN1CC2(CCCN(c3ccc(C4=C(c5ccccc5)CCCc5cc(O)ccc54)cc3)CCC2)C1. The Kier molecular flexibility index (Phi) is 7.18. The third kappa shape index (κ3) is 5.46. The largest absolute Gasteiger partial charge is 0.508 e. The molecule has 202 valence electrons. The number of phenols is 1. The molecule has 2 heterocycles. The summed E-state index contributed by atoms with van der Waals surface area (Å²) in [5.41, 5.74) is 9.21. The van der Waals surface area contributed by atoms with Crippen molar-refractivity contribution in [1.29, 1.82) is 0 Å². The molecular formula is C34H38N2O3. The van der Waals surface area contributed by atoms with Crippen molar-refractivity contribution in [3.63, 3.8) is 0 Å². The maximum atomic E-state index is 11.0. The second-order valence-corrected chi connectivity index (χ2v) is 11.7. The van der Waals surface area contributed by atoms with Gasteiger partial charge in [0.05, 0.1) is 6.54 Å². The molecule has 0 unspecified atom stereocenters. The molecule has 0 atom stereocenters. The average Bonchev–Trinajstić information content (AvgIpc) is 3.09. The zero-order valence-corrected chi connectivity index (χ0v) is 22.6. The lowest BCUT2D eigenvalue weighted by Gasteiger charge is -2.51. The number of nitrogens with zero attached hydrogens (tertiary/aromatic N) is 2. The van der Waals surface area contributed by atoms with Crippen LogP contribution in [0.1, 0.15) is 60.8 Å². The van der Waals surface area contributed by atoms with E-state index in [9.17, 15) is 9.90 Å². The average molecular weight is 523 g/mol. The molecule has 2 fully saturated rings. The van der Waals surface area contributed by atoms with Crippen LogP contribution >= 0.6 is 0 Å². The van der Waals surface area contributed by atoms with Gasteiger partial charge in [0.2, 0.25) is 0 Å². The van der Waals surface area contributed by atoms with Gasteiger partial charge in [0.15, 0.2) is 0 Å². The van der Waals surface area contributed by atoms with Crippen LogP contribution in [-0.2, 0) is 11.2 Å². The maximum absolute atomic E-state index is 11.0. The van der Waals surface area contributed by atoms with E-state index in [1.807, 2.05) is 12.1 Å². The van der Waals surface area contributed by atoms with E-state index in [2.05, 4.69) is 70.5 Å². The standard InChI is InChI=1S/C34H38N2O3/c37-29-15-16-31-27(21-29)9-4-10-30(25-7-2-1-3-8-25)33(31)26-11-13-28(14-12-26)36-19-5-17-34(18-6-20-36)23-35(24-34)22-32(38)39/h1-3,7-8,11-16,21,37H,4-6,9-10,17-20,22-24H2,(H,38,39). The van der Waals surface area contributed by atoms with Crippen LogP contribution in [0.5, 0.6) is 5.75 Å². The highest BCUT2D eigenvalue weighted by molar-refractivity contribution is 6.00. The van der Waals surface area contributed by atoms with Crippen molar-refractivity contribution in [3.05, 3.63) is 95.1 Å². The number of phenolic OH excluding ortho intramolecular Hbond substituents is 1. The summed E-state index contributed by atoms with van der Waals surface area (Å²) < 4.78 is 0. The lowest BCUT2D eigenvalue weighted by atomic mass is 9.71. The van der Waals surface area contributed by atoms with Crippen LogP contribution in [0.15, 0.2) is 72.8 Å². The minimum atomic E-state index is -0.720. The van der Waals surface area contributed by atoms with E-state index >= 15 is 0 Å². The summed E-state index contributed by atoms with van der Waals surface area (Å²) in [5, 5.41) is 19.3. The van der Waals surface area contributed by atoms with E-state index in [-0.39, 0.29) is 6.54 Å². The number of likely N-dealkylation sites (tertiary alicyclic amines) is 1. The predicted octanol–water partition coefficient (Wildman–Crippen LogP) is 6.45. The Hall–Kier alpha value is -3.57. The van der Waals surface area contributed by atoms with E-state index in [1.165, 1.54) is 51.9 Å². The highest BCUT2D eigenvalue weighted by Crippen LogP contribution is 2.42. The van der Waals surface area contributed by atoms with Gasteiger partial charge >= 0.3 is 5.97 Å². The number of carbonyl (C=O) groups is 1. The number of aromatic hydroxyl groups is 1. The molecule has 2 aliphatic heterocycles. The first-order valence-corrected chi connectivity index (χ1v) is 14.4. The smallest absolute Gasteiger partial charge is 0.317 e. The lowest BCUT2D eigenvalue weighted by molar-refractivity contribution is -0.142. The van der Waals surface area contributed by atoms with E-state index < -0.39 is 5.97 Å². The molecule has 2 N–H and O–H groups in total. The molecule has 1 aliphatic carbocycles. The first kappa shape index (κ1) is 25.7. The van der Waals surface area contributed by atoms with Crippen molar-refractivity contribution < 1.29 is 15.0 Å². The molecule has 3 aliphatic rings. The molecule has 0 aromatic heterocycles. The highest BCUT2D eigenvalue weighted by Gasteiger charge is 2.43. The van der Waals surface area contributed by atoms with Crippen molar-refractivity contribution in [3.8, 4) is 5.75 Å². The highest BCUT2D eigenvalue weighted by atomic mass is 16.4. The zero-order valence-electron chi connectivity index (χ0n) is 22.6. The van der Waals surface area contributed by atoms with Crippen LogP contribution in [0.3, 0.4) is 0 Å². The fourth-order valence-corrected chi connectivity index (χ4v) is 7.18. The molecule has 0 bridgehead atoms. The summed E-state index contributed by atoms with van der Waals surface area (Å²) in [5.74, 6) is -0.385. The topological polar surface area (TPSA) is 64.0 Å². The van der Waals surface area contributed by atoms with Gasteiger partial charge in [0, 0.05) is 31.9 Å². The quantitative estimate of drug-likeness (QED) is 0.403. The molecule has 6 rings (SSSR count). The molecule has 0 amide bonds. The van der Waals surface area contributed by atoms with Crippen LogP contribution in [0.4, 0.5) is 5.69 Å². The minimum Gasteiger partial charge on any atom is -0.508 e. The summed E-state index contributed by atoms with van der Waals surface area (Å²) in [4.78, 5) is 15.6. The minimum absolute atomic E-state index is 0.175. The number of aliphatic carboxylic acids is 1. The van der Waals surface area contributed by atoms with E-state index in [0.29, 0.717) is 11.2 Å². The summed E-state index contributed by atoms with van der Waals surface area (Å²) in [6.07, 6.45) is 7.67. The van der Waals surface area contributed by atoms with Crippen LogP contribution < -0.4 is 4.90 Å². The van der Waals surface area contributed by atoms with Crippen molar-refractivity contribution in [1.82, 2.24) is 4.90 Å². The van der Waals surface area contributed by atoms with Gasteiger partial charge in [0.25, 0.3) is 0 Å². The Morgan fingerprint density at radius 3 is 2.23 bits per heavy atom. The Labute approximate surface area is 231 Å². The summed E-state index contributed by atoms with van der Waals surface area (Å²) in [6, 6.07) is 25.7. The van der Waals surface area contributed by atoms with Gasteiger partial charge in [-0.3, -0.25) is 9.69 Å². The van der Waals surface area contributed by atoms with E-state index in [1.54, 1.807) is 0 Å². The van der Waals surface area contributed by atoms with Crippen LogP contribution in [0, 0.1) is 5.41 Å². The van der Waals surface area contributed by atoms with Crippen LogP contribution in [0.2, 0.25) is 0 Å². The second-order valence-electron chi connectivity index (χ2n) is 11.7. The van der Waals surface area contributed by atoms with Gasteiger partial charge in [-0.25, -0.2) is 0 Å². The third-order valence-corrected chi connectivity index (χ3v) is 8.92. The maximum Gasteiger partial charge on any atom is 0.317 e. The number of anilines is 1. The zero-order chi connectivity index (χ0) is 26.8. The molecule has 3 aromatic carbocycles. The fraction of sp³-hybridized carbons (Fsp3) is 0.382. The van der Waals surface area contributed by atoms with E-state index in [4.69, 9.17) is 5.11 Å². The number of rotatable bonds is 5. The molecule has 5 nitrogen and oxygen atoms in total. The molecule has 2 saturated heterocycles. The molecule has 1 spiro atoms. The molecule has 39 heavy (non-hydrogen) atoms. The number of hydrogen-bond acceptors (Lipinski definition) is 4. The Morgan fingerprint density at radius 1 is 0.821 bits per heavy atom. The molecule has 0 saturated carbocycles. The van der Waals surface area contributed by atoms with Gasteiger partial charge in [0.1, 0.15) is 5.75 Å². The normalized spacial score (nSPS) is 19.5. The Morgan fingerprint density at radius 2 is 1.54 bits per heavy atom. The first-order valence-electron chi connectivity index (χ1n) is 14.4. The number of benzene rings is 3. The van der Waals surface area contributed by atoms with Gasteiger partial charge in [-0.15, -0.1) is 0 Å². The first-order chi connectivity index (χ1) is 19.0. The Balaban J connectivity index is 1.23. The Bertz CT molecular complexity index is 1340. The van der Waals surface area contributed by atoms with Crippen molar-refractivity contribution >= 4 is 22.8 Å². The second kappa shape index (κ2) is 10.9. The summed E-state index contributed by atoms with van der Waals surface area (Å²) in [7, 11) is 0. The van der Waals surface area contributed by atoms with Crippen LogP contribution in [0.25, 0.3) is 11.1 Å². The van der Waals surface area contributed by atoms with Gasteiger partial charge in [-0.05, 0) is 108 Å². The van der Waals surface area contributed by atoms with Crippen molar-refractivity contribution in [2.45, 2.75) is 44.9 Å². The van der Waals surface area contributed by atoms with Gasteiger partial charge in [-0.1, -0.05) is 48.5 Å². The summed E-state index contributed by atoms with van der Waals surface area (Å²) >= 11 is 0. The number of carboxylic acid groups (broad SMARTS) is 1. The molecule has 3 aromatic rings. The molecular weight excluding hydrogens is 484 g/mol. The molecule has 0 radical (unpaired) electrons. The van der Waals surface area contributed by atoms with Gasteiger partial charge < -0.3 is 15.1 Å². The van der Waals surface area contributed by atoms with Crippen molar-refractivity contribution in [2.24, 2.45) is 5.41 Å². The molecule has 5 heteroatoms. The summed E-state index contributed by atoms with van der Waals surface area (Å²) in [6.45, 7) is 4.13. The monoisotopic (exact) mass is 522 g/mol. The predicted molar refractivity (Wildman–Crippen MR) is 157 cm³/mol.